The molecule has 8 nitrogen and oxygen atoms in total. The molecule has 0 atom stereocenters. The van der Waals surface area contributed by atoms with Crippen LogP contribution in [0, 0.1) is 5.92 Å². The monoisotopic (exact) mass is 414 g/mol. The molecule has 0 aliphatic heterocycles. The summed E-state index contributed by atoms with van der Waals surface area (Å²) >= 11 is 0. The lowest BCUT2D eigenvalue weighted by molar-refractivity contribution is -0.137. The van der Waals surface area contributed by atoms with Crippen molar-refractivity contribution in [1.82, 2.24) is 10.6 Å². The summed E-state index contributed by atoms with van der Waals surface area (Å²) in [5, 5.41) is 13.9. The van der Waals surface area contributed by atoms with Gasteiger partial charge < -0.3 is 24.9 Å². The maximum absolute atomic E-state index is 12.6. The van der Waals surface area contributed by atoms with Crippen LogP contribution in [0.5, 0.6) is 5.75 Å². The fourth-order valence-corrected chi connectivity index (χ4v) is 2.37. The van der Waals surface area contributed by atoms with Crippen molar-refractivity contribution in [2.45, 2.75) is 26.7 Å². The lowest BCUT2D eigenvalue weighted by Gasteiger charge is -2.11. The molecule has 0 bridgehead atoms. The van der Waals surface area contributed by atoms with Crippen LogP contribution in [0.1, 0.15) is 42.8 Å². The molecule has 0 unspecified atom stereocenters. The van der Waals surface area contributed by atoms with Gasteiger partial charge in [-0.25, -0.2) is 0 Å². The topological polar surface area (TPSA) is 118 Å². The second-order valence-corrected chi connectivity index (χ2v) is 7.01. The number of benzene rings is 1. The van der Waals surface area contributed by atoms with E-state index in [1.807, 2.05) is 13.8 Å². The minimum Gasteiger partial charge on any atom is -0.493 e. The number of amides is 2. The number of carboxylic acid groups (broad SMARTS) is 1. The Morgan fingerprint density at radius 2 is 1.90 bits per heavy atom. The zero-order valence-corrected chi connectivity index (χ0v) is 17.0. The van der Waals surface area contributed by atoms with E-state index in [2.05, 4.69) is 10.6 Å². The summed E-state index contributed by atoms with van der Waals surface area (Å²) in [6, 6.07) is 9.91. The largest absolute Gasteiger partial charge is 0.493 e. The highest BCUT2D eigenvalue weighted by atomic mass is 16.5. The number of hydrogen-bond donors (Lipinski definition) is 3. The molecule has 1 heterocycles. The van der Waals surface area contributed by atoms with E-state index in [0.29, 0.717) is 29.6 Å². The average Bonchev–Trinajstić information content (AvgIpc) is 3.22. The van der Waals surface area contributed by atoms with E-state index in [4.69, 9.17) is 14.3 Å². The quantitative estimate of drug-likeness (QED) is 0.384. The molecular weight excluding hydrogens is 388 g/mol. The van der Waals surface area contributed by atoms with Gasteiger partial charge in [-0.1, -0.05) is 13.8 Å². The average molecular weight is 414 g/mol. The molecule has 1 aromatic heterocycles. The summed E-state index contributed by atoms with van der Waals surface area (Å²) in [4.78, 5) is 35.7. The lowest BCUT2D eigenvalue weighted by atomic mass is 10.2. The molecule has 2 amide bonds. The van der Waals surface area contributed by atoms with Crippen LogP contribution in [0.2, 0.25) is 0 Å². The third-order valence-electron chi connectivity index (χ3n) is 3.88. The molecular formula is C22H26N2O6. The fraction of sp³-hybridized carbons (Fsp3) is 0.318. The zero-order valence-electron chi connectivity index (χ0n) is 17.0. The highest BCUT2D eigenvalue weighted by Gasteiger charge is 2.15. The molecule has 0 saturated heterocycles. The third-order valence-corrected chi connectivity index (χ3v) is 3.88. The van der Waals surface area contributed by atoms with Crippen molar-refractivity contribution < 1.29 is 28.6 Å². The predicted molar refractivity (Wildman–Crippen MR) is 111 cm³/mol. The molecule has 3 N–H and O–H groups in total. The van der Waals surface area contributed by atoms with Crippen LogP contribution < -0.4 is 15.4 Å². The minimum atomic E-state index is -0.940. The van der Waals surface area contributed by atoms with Crippen LogP contribution >= 0.6 is 0 Å². The molecule has 0 saturated carbocycles. The first-order valence-corrected chi connectivity index (χ1v) is 9.64. The Bertz CT molecular complexity index is 870. The van der Waals surface area contributed by atoms with Crippen molar-refractivity contribution >= 4 is 23.9 Å². The standard InChI is InChI=1S/C22H26N2O6/c1-15(2)14-30-17-9-7-16(8-10-17)21(27)24-19(13-18-5-4-12-29-18)22(28)23-11-3-6-20(25)26/h4-5,7-10,12-13,15H,3,6,11,14H2,1-2H3,(H,23,28)(H,24,27)(H,25,26). The number of nitrogens with one attached hydrogen (secondary N) is 2. The Kier molecular flexibility index (Phi) is 8.68. The number of ether oxygens (including phenoxy) is 1. The van der Waals surface area contributed by atoms with Gasteiger partial charge in [-0.05, 0) is 48.7 Å². The summed E-state index contributed by atoms with van der Waals surface area (Å²) in [5.74, 6) is -0.516. The maximum atomic E-state index is 12.6. The molecule has 2 aromatic rings. The number of carbonyl (C=O) groups is 3. The molecule has 0 radical (unpaired) electrons. The molecule has 160 valence electrons. The van der Waals surface area contributed by atoms with Gasteiger partial charge in [0.2, 0.25) is 0 Å². The molecule has 8 heteroatoms. The molecule has 2 rings (SSSR count). The Balaban J connectivity index is 2.04. The van der Waals surface area contributed by atoms with Gasteiger partial charge in [0.25, 0.3) is 11.8 Å². The van der Waals surface area contributed by atoms with Crippen LogP contribution in [0.15, 0.2) is 52.8 Å². The molecule has 0 fully saturated rings. The summed E-state index contributed by atoms with van der Waals surface area (Å²) in [7, 11) is 0. The van der Waals surface area contributed by atoms with Gasteiger partial charge in [0.1, 0.15) is 17.2 Å². The van der Waals surface area contributed by atoms with Gasteiger partial charge in [0.05, 0.1) is 12.9 Å². The normalized spacial score (nSPS) is 11.2. The number of rotatable bonds is 11. The fourth-order valence-electron chi connectivity index (χ4n) is 2.37. The first-order chi connectivity index (χ1) is 14.3. The summed E-state index contributed by atoms with van der Waals surface area (Å²) < 4.78 is 10.8. The first kappa shape index (κ1) is 22.7. The number of hydrogen-bond acceptors (Lipinski definition) is 5. The molecule has 30 heavy (non-hydrogen) atoms. The predicted octanol–water partition coefficient (Wildman–Crippen LogP) is 3.07. The SMILES string of the molecule is CC(C)COc1ccc(C(=O)NC(=Cc2ccco2)C(=O)NCCCC(=O)O)cc1. The van der Waals surface area contributed by atoms with E-state index in [-0.39, 0.29) is 25.1 Å². The first-order valence-electron chi connectivity index (χ1n) is 9.64. The Hall–Kier alpha value is -3.55. The van der Waals surface area contributed by atoms with Gasteiger partial charge in [0.15, 0.2) is 0 Å². The second kappa shape index (κ2) is 11.5. The van der Waals surface area contributed by atoms with Crippen LogP contribution in [0.3, 0.4) is 0 Å². The molecule has 0 aliphatic carbocycles. The lowest BCUT2D eigenvalue weighted by Crippen LogP contribution is -2.35. The van der Waals surface area contributed by atoms with E-state index in [1.54, 1.807) is 36.4 Å². The van der Waals surface area contributed by atoms with Crippen molar-refractivity contribution in [2.75, 3.05) is 13.2 Å². The Morgan fingerprint density at radius 3 is 2.50 bits per heavy atom. The van der Waals surface area contributed by atoms with Gasteiger partial charge >= 0.3 is 5.97 Å². The summed E-state index contributed by atoms with van der Waals surface area (Å²) in [6.07, 6.45) is 3.08. The Labute approximate surface area is 174 Å². The van der Waals surface area contributed by atoms with Gasteiger partial charge in [-0.15, -0.1) is 0 Å². The van der Waals surface area contributed by atoms with E-state index in [1.165, 1.54) is 12.3 Å². The Morgan fingerprint density at radius 1 is 1.17 bits per heavy atom. The number of carboxylic acids is 1. The third kappa shape index (κ3) is 7.83. The van der Waals surface area contributed by atoms with Crippen molar-refractivity contribution in [3.05, 3.63) is 59.7 Å². The van der Waals surface area contributed by atoms with E-state index >= 15 is 0 Å². The van der Waals surface area contributed by atoms with E-state index in [9.17, 15) is 14.4 Å². The van der Waals surface area contributed by atoms with Crippen LogP contribution in [-0.4, -0.2) is 36.0 Å². The van der Waals surface area contributed by atoms with Crippen LogP contribution in [0.25, 0.3) is 6.08 Å². The number of carbonyl (C=O) groups excluding carboxylic acids is 2. The zero-order chi connectivity index (χ0) is 21.9. The maximum Gasteiger partial charge on any atom is 0.303 e. The van der Waals surface area contributed by atoms with Crippen LogP contribution in [-0.2, 0) is 9.59 Å². The molecule has 0 aliphatic rings. The minimum absolute atomic E-state index is 0.00888. The summed E-state index contributed by atoms with van der Waals surface area (Å²) in [6.45, 7) is 4.82. The molecule has 1 aromatic carbocycles. The molecule has 0 spiro atoms. The smallest absolute Gasteiger partial charge is 0.303 e. The summed E-state index contributed by atoms with van der Waals surface area (Å²) in [5.41, 5.74) is 0.348. The van der Waals surface area contributed by atoms with Crippen molar-refractivity contribution in [1.29, 1.82) is 0 Å². The highest BCUT2D eigenvalue weighted by Crippen LogP contribution is 2.14. The van der Waals surface area contributed by atoms with Crippen molar-refractivity contribution in [2.24, 2.45) is 5.92 Å². The van der Waals surface area contributed by atoms with E-state index in [0.717, 1.165) is 0 Å². The van der Waals surface area contributed by atoms with Gasteiger partial charge in [-0.3, -0.25) is 14.4 Å². The number of furan rings is 1. The highest BCUT2D eigenvalue weighted by molar-refractivity contribution is 6.05. The second-order valence-electron chi connectivity index (χ2n) is 7.01. The van der Waals surface area contributed by atoms with Gasteiger partial charge in [0, 0.05) is 24.6 Å². The van der Waals surface area contributed by atoms with Crippen molar-refractivity contribution in [3.63, 3.8) is 0 Å². The van der Waals surface area contributed by atoms with Crippen LogP contribution in [0.4, 0.5) is 0 Å². The van der Waals surface area contributed by atoms with E-state index < -0.39 is 17.8 Å². The van der Waals surface area contributed by atoms with Gasteiger partial charge in [-0.2, -0.15) is 0 Å². The number of aliphatic carboxylic acids is 1. The van der Waals surface area contributed by atoms with Crippen molar-refractivity contribution in [3.8, 4) is 5.75 Å².